The maximum absolute atomic E-state index is 10.5. The predicted molar refractivity (Wildman–Crippen MR) is 50.3 cm³/mol. The van der Waals surface area contributed by atoms with Crippen LogP contribution in [0.4, 0.5) is 0 Å². The van der Waals surface area contributed by atoms with Crippen molar-refractivity contribution in [2.24, 2.45) is 0 Å². The molecule has 0 unspecified atom stereocenters. The number of nitrogens with zero attached hydrogens (tertiary/aromatic N) is 1. The van der Waals surface area contributed by atoms with Gasteiger partial charge < -0.3 is 5.11 Å². The molecule has 0 bridgehead atoms. The third kappa shape index (κ3) is 2.71. The zero-order valence-corrected chi connectivity index (χ0v) is 7.61. The van der Waals surface area contributed by atoms with Crippen LogP contribution in [0, 0.1) is 6.92 Å². The monoisotopic (exact) mass is 177 g/mol. The van der Waals surface area contributed by atoms with Crippen molar-refractivity contribution in [2.45, 2.75) is 13.8 Å². The highest BCUT2D eigenvalue weighted by Gasteiger charge is 1.99. The van der Waals surface area contributed by atoms with Gasteiger partial charge in [0, 0.05) is 17.5 Å². The van der Waals surface area contributed by atoms with Crippen LogP contribution in [-0.2, 0) is 4.79 Å². The first-order chi connectivity index (χ1) is 6.09. The van der Waals surface area contributed by atoms with Crippen molar-refractivity contribution in [3.05, 3.63) is 35.2 Å². The summed E-state index contributed by atoms with van der Waals surface area (Å²) in [6, 6.07) is 3.69. The van der Waals surface area contributed by atoms with Gasteiger partial charge in [-0.05, 0) is 31.6 Å². The number of carboxylic acid groups (broad SMARTS) is 1. The van der Waals surface area contributed by atoms with Crippen molar-refractivity contribution in [2.75, 3.05) is 0 Å². The lowest BCUT2D eigenvalue weighted by Gasteiger charge is -1.95. The average molecular weight is 177 g/mol. The molecule has 0 amide bonds. The number of carboxylic acids is 1. The van der Waals surface area contributed by atoms with E-state index in [1.54, 1.807) is 19.2 Å². The molecule has 0 fully saturated rings. The summed E-state index contributed by atoms with van der Waals surface area (Å²) in [5, 5.41) is 8.61. The molecule has 0 atom stereocenters. The summed E-state index contributed by atoms with van der Waals surface area (Å²) in [6.07, 6.45) is 3.25. The molecule has 0 spiro atoms. The van der Waals surface area contributed by atoms with E-state index in [1.165, 1.54) is 0 Å². The van der Waals surface area contributed by atoms with Gasteiger partial charge in [-0.15, -0.1) is 0 Å². The van der Waals surface area contributed by atoms with E-state index < -0.39 is 5.97 Å². The standard InChI is InChI=1S/C10H11NO2/c1-7(10(12)13)5-9-4-3-8(2)11-6-9/h3-6H,1-2H3,(H,12,13)/b7-5+. The Labute approximate surface area is 76.7 Å². The summed E-state index contributed by atoms with van der Waals surface area (Å²) in [4.78, 5) is 14.5. The molecule has 0 aromatic carbocycles. The van der Waals surface area contributed by atoms with E-state index in [-0.39, 0.29) is 0 Å². The number of aliphatic carboxylic acids is 1. The zero-order chi connectivity index (χ0) is 9.84. The highest BCUT2D eigenvalue weighted by molar-refractivity contribution is 5.91. The smallest absolute Gasteiger partial charge is 0.331 e. The molecular formula is C10H11NO2. The van der Waals surface area contributed by atoms with Crippen molar-refractivity contribution < 1.29 is 9.90 Å². The zero-order valence-electron chi connectivity index (χ0n) is 7.61. The molecule has 1 heterocycles. The quantitative estimate of drug-likeness (QED) is 0.701. The SMILES string of the molecule is C/C(=C\c1ccc(C)nc1)C(=O)O. The van der Waals surface area contributed by atoms with E-state index in [0.717, 1.165) is 11.3 Å². The maximum atomic E-state index is 10.5. The van der Waals surface area contributed by atoms with Gasteiger partial charge in [-0.1, -0.05) is 6.07 Å². The first-order valence-corrected chi connectivity index (χ1v) is 3.94. The van der Waals surface area contributed by atoms with Crippen LogP contribution in [0.5, 0.6) is 0 Å². The lowest BCUT2D eigenvalue weighted by Crippen LogP contribution is -1.95. The maximum Gasteiger partial charge on any atom is 0.331 e. The fourth-order valence-corrected chi connectivity index (χ4v) is 0.876. The molecule has 3 nitrogen and oxygen atoms in total. The fourth-order valence-electron chi connectivity index (χ4n) is 0.876. The van der Waals surface area contributed by atoms with Crippen molar-refractivity contribution in [3.8, 4) is 0 Å². The van der Waals surface area contributed by atoms with Gasteiger partial charge in [0.1, 0.15) is 0 Å². The van der Waals surface area contributed by atoms with E-state index in [1.807, 2.05) is 19.1 Å². The van der Waals surface area contributed by atoms with Gasteiger partial charge in [-0.3, -0.25) is 4.98 Å². The second-order valence-electron chi connectivity index (χ2n) is 2.87. The van der Waals surface area contributed by atoms with E-state index in [2.05, 4.69) is 4.98 Å². The highest BCUT2D eigenvalue weighted by atomic mass is 16.4. The number of hydrogen-bond donors (Lipinski definition) is 1. The lowest BCUT2D eigenvalue weighted by molar-refractivity contribution is -0.132. The van der Waals surface area contributed by atoms with Gasteiger partial charge in [-0.25, -0.2) is 4.79 Å². The molecule has 1 N–H and O–H groups in total. The van der Waals surface area contributed by atoms with Gasteiger partial charge >= 0.3 is 5.97 Å². The van der Waals surface area contributed by atoms with E-state index in [9.17, 15) is 4.79 Å². The van der Waals surface area contributed by atoms with Gasteiger partial charge in [-0.2, -0.15) is 0 Å². The molecule has 13 heavy (non-hydrogen) atoms. The molecule has 3 heteroatoms. The molecule has 68 valence electrons. The molecule has 0 aliphatic carbocycles. The number of pyridine rings is 1. The molecule has 0 saturated heterocycles. The first kappa shape index (κ1) is 9.45. The van der Waals surface area contributed by atoms with Crippen LogP contribution in [0.2, 0.25) is 0 Å². The summed E-state index contributed by atoms with van der Waals surface area (Å²) >= 11 is 0. The summed E-state index contributed by atoms with van der Waals surface area (Å²) in [6.45, 7) is 3.44. The summed E-state index contributed by atoms with van der Waals surface area (Å²) in [5.74, 6) is -0.902. The molecule has 1 aromatic rings. The summed E-state index contributed by atoms with van der Waals surface area (Å²) in [5.41, 5.74) is 2.04. The molecule has 0 saturated carbocycles. The Morgan fingerprint density at radius 2 is 2.23 bits per heavy atom. The van der Waals surface area contributed by atoms with Crippen molar-refractivity contribution in [1.29, 1.82) is 0 Å². The fraction of sp³-hybridized carbons (Fsp3) is 0.200. The molecule has 1 aromatic heterocycles. The van der Waals surface area contributed by atoms with Crippen LogP contribution in [0.15, 0.2) is 23.9 Å². The van der Waals surface area contributed by atoms with Gasteiger partial charge in [0.25, 0.3) is 0 Å². The number of rotatable bonds is 2. The van der Waals surface area contributed by atoms with Crippen LogP contribution in [0.3, 0.4) is 0 Å². The van der Waals surface area contributed by atoms with Gasteiger partial charge in [0.2, 0.25) is 0 Å². The third-order valence-electron chi connectivity index (χ3n) is 1.65. The second-order valence-corrected chi connectivity index (χ2v) is 2.87. The Hall–Kier alpha value is -1.64. The molecule has 0 aliphatic rings. The highest BCUT2D eigenvalue weighted by Crippen LogP contribution is 2.05. The minimum Gasteiger partial charge on any atom is -0.478 e. The first-order valence-electron chi connectivity index (χ1n) is 3.94. The Morgan fingerprint density at radius 3 is 2.69 bits per heavy atom. The molecule has 1 rings (SSSR count). The number of carbonyl (C=O) groups is 1. The number of hydrogen-bond acceptors (Lipinski definition) is 2. The van der Waals surface area contributed by atoms with Crippen LogP contribution in [0.25, 0.3) is 6.08 Å². The van der Waals surface area contributed by atoms with Crippen LogP contribution in [-0.4, -0.2) is 16.1 Å². The van der Waals surface area contributed by atoms with Crippen molar-refractivity contribution >= 4 is 12.0 Å². The molecule has 0 aliphatic heterocycles. The summed E-state index contributed by atoms with van der Waals surface area (Å²) in [7, 11) is 0. The van der Waals surface area contributed by atoms with Crippen molar-refractivity contribution in [3.63, 3.8) is 0 Å². The molecule has 0 radical (unpaired) electrons. The molecular weight excluding hydrogens is 166 g/mol. The van der Waals surface area contributed by atoms with Gasteiger partial charge in [0.05, 0.1) is 0 Å². The number of aromatic nitrogens is 1. The average Bonchev–Trinajstić information content (AvgIpc) is 2.08. The van der Waals surface area contributed by atoms with Crippen molar-refractivity contribution in [1.82, 2.24) is 4.98 Å². The second kappa shape index (κ2) is 3.85. The Balaban J connectivity index is 2.92. The van der Waals surface area contributed by atoms with Crippen LogP contribution in [0.1, 0.15) is 18.2 Å². The Bertz CT molecular complexity index is 338. The largest absolute Gasteiger partial charge is 0.478 e. The Kier molecular flexibility index (Phi) is 2.80. The van der Waals surface area contributed by atoms with Gasteiger partial charge in [0.15, 0.2) is 0 Å². The topological polar surface area (TPSA) is 50.2 Å². The Morgan fingerprint density at radius 1 is 1.54 bits per heavy atom. The lowest BCUT2D eigenvalue weighted by atomic mass is 10.2. The normalized spacial score (nSPS) is 11.4. The number of aryl methyl sites for hydroxylation is 1. The summed E-state index contributed by atoms with van der Waals surface area (Å²) < 4.78 is 0. The van der Waals surface area contributed by atoms with E-state index in [4.69, 9.17) is 5.11 Å². The predicted octanol–water partition coefficient (Wildman–Crippen LogP) is 1.88. The van der Waals surface area contributed by atoms with Crippen LogP contribution < -0.4 is 0 Å². The third-order valence-corrected chi connectivity index (χ3v) is 1.65. The van der Waals surface area contributed by atoms with Crippen LogP contribution >= 0.6 is 0 Å². The van der Waals surface area contributed by atoms with E-state index in [0.29, 0.717) is 5.57 Å². The minimum absolute atomic E-state index is 0.311. The van der Waals surface area contributed by atoms with E-state index >= 15 is 0 Å². The minimum atomic E-state index is -0.902.